The quantitative estimate of drug-likeness (QED) is 0.557. The maximum absolute atomic E-state index is 10.6. The van der Waals surface area contributed by atoms with E-state index in [4.69, 9.17) is 0 Å². The molecule has 2 aromatic heterocycles. The van der Waals surface area contributed by atoms with E-state index in [9.17, 15) is 19.2 Å². The van der Waals surface area contributed by atoms with Crippen LogP contribution >= 0.6 is 0 Å². The molecule has 1 saturated carbocycles. The van der Waals surface area contributed by atoms with E-state index in [2.05, 4.69) is 19.9 Å². The van der Waals surface area contributed by atoms with Crippen LogP contribution < -0.4 is 22.5 Å². The Bertz CT molecular complexity index is 739. The lowest BCUT2D eigenvalue weighted by atomic mass is 10.0. The monoisotopic (exact) mass is 308 g/mol. The summed E-state index contributed by atoms with van der Waals surface area (Å²) in [4.78, 5) is 50.6. The van der Waals surface area contributed by atoms with Crippen molar-refractivity contribution in [2.75, 3.05) is 0 Å². The van der Waals surface area contributed by atoms with E-state index in [1.165, 1.54) is 38.1 Å². The molecule has 3 rings (SSSR count). The smallest absolute Gasteiger partial charge is 0.314 e. The van der Waals surface area contributed by atoms with E-state index in [1.54, 1.807) is 13.8 Å². The fourth-order valence-corrected chi connectivity index (χ4v) is 1.20. The van der Waals surface area contributed by atoms with Gasteiger partial charge in [0.15, 0.2) is 0 Å². The molecule has 2 aromatic rings. The van der Waals surface area contributed by atoms with Crippen molar-refractivity contribution in [2.24, 2.45) is 0 Å². The summed E-state index contributed by atoms with van der Waals surface area (Å²) >= 11 is 0. The van der Waals surface area contributed by atoms with Crippen LogP contribution in [-0.4, -0.2) is 19.9 Å². The van der Waals surface area contributed by atoms with Gasteiger partial charge < -0.3 is 9.97 Å². The molecular formula is C14H20N4O4. The molecular weight excluding hydrogens is 288 g/mol. The van der Waals surface area contributed by atoms with Gasteiger partial charge in [0.1, 0.15) is 0 Å². The van der Waals surface area contributed by atoms with Gasteiger partial charge in [-0.1, -0.05) is 25.7 Å². The Hall–Kier alpha value is -2.64. The van der Waals surface area contributed by atoms with Gasteiger partial charge in [0.25, 0.3) is 11.1 Å². The number of nitrogens with one attached hydrogen (secondary N) is 4. The van der Waals surface area contributed by atoms with Crippen LogP contribution in [0.25, 0.3) is 0 Å². The molecule has 0 unspecified atom stereocenters. The summed E-state index contributed by atoms with van der Waals surface area (Å²) < 4.78 is 0. The molecule has 0 spiro atoms. The molecule has 8 heteroatoms. The number of aromatic nitrogens is 4. The molecule has 0 radical (unpaired) electrons. The van der Waals surface area contributed by atoms with Crippen LogP contribution in [0.15, 0.2) is 31.6 Å². The van der Waals surface area contributed by atoms with Crippen molar-refractivity contribution in [1.29, 1.82) is 0 Å². The number of hydrogen-bond acceptors (Lipinski definition) is 4. The lowest BCUT2D eigenvalue weighted by molar-refractivity contribution is 0.504. The Morgan fingerprint density at radius 2 is 1.00 bits per heavy atom. The predicted octanol–water partition coefficient (Wildman–Crippen LogP) is 0.304. The highest BCUT2D eigenvalue weighted by Crippen LogP contribution is 2.15. The first kappa shape index (κ1) is 17.4. The third-order valence-corrected chi connectivity index (χ3v) is 3.01. The third-order valence-electron chi connectivity index (χ3n) is 3.01. The summed E-state index contributed by atoms with van der Waals surface area (Å²) in [5, 5.41) is 0. The Morgan fingerprint density at radius 3 is 1.18 bits per heavy atom. The van der Waals surface area contributed by atoms with E-state index < -0.39 is 11.4 Å². The predicted molar refractivity (Wildman–Crippen MR) is 83.3 cm³/mol. The van der Waals surface area contributed by atoms with Crippen molar-refractivity contribution in [3.8, 4) is 0 Å². The topological polar surface area (TPSA) is 131 Å². The van der Waals surface area contributed by atoms with E-state index in [-0.39, 0.29) is 11.1 Å². The number of hydrogen-bond donors (Lipinski definition) is 4. The second kappa shape index (κ2) is 8.60. The fraction of sp³-hybridized carbons (Fsp3) is 0.429. The number of rotatable bonds is 0. The molecule has 0 aromatic carbocycles. The van der Waals surface area contributed by atoms with Gasteiger partial charge in [-0.25, -0.2) is 9.59 Å². The van der Waals surface area contributed by atoms with Gasteiger partial charge in [0, 0.05) is 23.5 Å². The van der Waals surface area contributed by atoms with E-state index in [1.807, 2.05) is 0 Å². The summed E-state index contributed by atoms with van der Waals surface area (Å²) in [5.74, 6) is 0. The second-order valence-electron chi connectivity index (χ2n) is 4.92. The third kappa shape index (κ3) is 6.21. The number of aromatic amines is 4. The first-order valence-corrected chi connectivity index (χ1v) is 6.97. The average Bonchev–Trinajstić information content (AvgIpc) is 2.38. The van der Waals surface area contributed by atoms with Crippen molar-refractivity contribution >= 4 is 0 Å². The van der Waals surface area contributed by atoms with Gasteiger partial charge in [-0.2, -0.15) is 0 Å². The number of H-pyrrole nitrogens is 4. The normalized spacial score (nSPS) is 12.1. The van der Waals surface area contributed by atoms with Crippen LogP contribution in [-0.2, 0) is 0 Å². The molecule has 4 N–H and O–H groups in total. The number of aryl methyl sites for hydroxylation is 2. The van der Waals surface area contributed by atoms with Crippen molar-refractivity contribution in [1.82, 2.24) is 19.9 Å². The lowest BCUT2D eigenvalue weighted by Crippen LogP contribution is -2.22. The molecule has 0 atom stereocenters. The SMILES string of the molecule is C1CCC1.Cc1c[nH]c(=O)[nH]c1=O.Cc1c[nH]c(=O)[nH]c1=O. The van der Waals surface area contributed by atoms with Gasteiger partial charge in [-0.15, -0.1) is 0 Å². The molecule has 1 fully saturated rings. The standard InChI is InChI=1S/2C5H6N2O2.C4H8/c2*1-3-2-6-5(9)7-4(3)8;1-2-4-3-1/h2*2H,1H3,(H2,6,7,8,9);1-4H2. The first-order chi connectivity index (χ1) is 10.4. The fourth-order valence-electron chi connectivity index (χ4n) is 1.20. The van der Waals surface area contributed by atoms with Crippen molar-refractivity contribution in [2.45, 2.75) is 39.5 Å². The highest BCUT2D eigenvalue weighted by molar-refractivity contribution is 4.99. The largest absolute Gasteiger partial charge is 0.325 e. The van der Waals surface area contributed by atoms with Gasteiger partial charge in [0.05, 0.1) is 0 Å². The Balaban J connectivity index is 0.000000177. The Morgan fingerprint density at radius 1 is 0.682 bits per heavy atom. The van der Waals surface area contributed by atoms with Crippen LogP contribution in [0.3, 0.4) is 0 Å². The molecule has 0 saturated heterocycles. The maximum atomic E-state index is 10.6. The van der Waals surface area contributed by atoms with Crippen LogP contribution in [0.5, 0.6) is 0 Å². The van der Waals surface area contributed by atoms with Crippen LogP contribution in [0.4, 0.5) is 0 Å². The molecule has 22 heavy (non-hydrogen) atoms. The van der Waals surface area contributed by atoms with Crippen LogP contribution in [0.2, 0.25) is 0 Å². The first-order valence-electron chi connectivity index (χ1n) is 6.97. The minimum Gasteiger partial charge on any atom is -0.314 e. The zero-order chi connectivity index (χ0) is 16.5. The van der Waals surface area contributed by atoms with Gasteiger partial charge in [0.2, 0.25) is 0 Å². The molecule has 0 aliphatic heterocycles. The van der Waals surface area contributed by atoms with Crippen molar-refractivity contribution < 1.29 is 0 Å². The molecule has 2 heterocycles. The molecule has 0 amide bonds. The lowest BCUT2D eigenvalue weighted by Gasteiger charge is -2.05. The van der Waals surface area contributed by atoms with Gasteiger partial charge >= 0.3 is 11.4 Å². The van der Waals surface area contributed by atoms with Gasteiger partial charge in [-0.3, -0.25) is 19.6 Å². The molecule has 8 nitrogen and oxygen atoms in total. The van der Waals surface area contributed by atoms with E-state index in [0.29, 0.717) is 11.1 Å². The minimum absolute atomic E-state index is 0.334. The zero-order valence-electron chi connectivity index (χ0n) is 12.6. The van der Waals surface area contributed by atoms with E-state index in [0.717, 1.165) is 0 Å². The van der Waals surface area contributed by atoms with Crippen LogP contribution in [0.1, 0.15) is 36.8 Å². The summed E-state index contributed by atoms with van der Waals surface area (Å²) in [6.45, 7) is 3.24. The maximum Gasteiger partial charge on any atom is 0.325 e. The second-order valence-corrected chi connectivity index (χ2v) is 4.92. The van der Waals surface area contributed by atoms with E-state index >= 15 is 0 Å². The minimum atomic E-state index is -0.467. The summed E-state index contributed by atoms with van der Waals surface area (Å²) in [7, 11) is 0. The highest BCUT2D eigenvalue weighted by Gasteiger charge is 1.95. The Kier molecular flexibility index (Phi) is 6.81. The molecule has 0 bridgehead atoms. The van der Waals surface area contributed by atoms with Crippen molar-refractivity contribution in [3.05, 3.63) is 65.2 Å². The average molecular weight is 308 g/mol. The summed E-state index contributed by atoms with van der Waals surface area (Å²) in [5.41, 5.74) is -0.585. The zero-order valence-corrected chi connectivity index (χ0v) is 12.6. The highest BCUT2D eigenvalue weighted by atomic mass is 16.2. The van der Waals surface area contributed by atoms with Crippen LogP contribution in [0, 0.1) is 13.8 Å². The van der Waals surface area contributed by atoms with Crippen molar-refractivity contribution in [3.63, 3.8) is 0 Å². The summed E-state index contributed by atoms with van der Waals surface area (Å²) in [6.07, 6.45) is 8.75. The molecule has 120 valence electrons. The molecule has 1 aliphatic rings. The molecule has 1 aliphatic carbocycles. The summed E-state index contributed by atoms with van der Waals surface area (Å²) in [6, 6.07) is 0. The van der Waals surface area contributed by atoms with Gasteiger partial charge in [-0.05, 0) is 13.8 Å². The Labute approximate surface area is 125 Å².